The SMILES string of the molecule is Cn1nnnc1Sc1cccc(N)c1. The molecule has 0 aliphatic carbocycles. The Bertz CT molecular complexity index is 439. The van der Waals surface area contributed by atoms with Crippen LogP contribution in [-0.2, 0) is 7.05 Å². The summed E-state index contributed by atoms with van der Waals surface area (Å²) in [5, 5.41) is 11.9. The van der Waals surface area contributed by atoms with Gasteiger partial charge in [-0.15, -0.1) is 5.10 Å². The van der Waals surface area contributed by atoms with E-state index in [1.165, 1.54) is 11.8 Å². The van der Waals surface area contributed by atoms with Gasteiger partial charge in [-0.25, -0.2) is 4.68 Å². The van der Waals surface area contributed by atoms with E-state index in [0.717, 1.165) is 15.7 Å². The average Bonchev–Trinajstić information content (AvgIpc) is 2.52. The third-order valence-corrected chi connectivity index (χ3v) is 2.67. The summed E-state index contributed by atoms with van der Waals surface area (Å²) in [4.78, 5) is 1.03. The summed E-state index contributed by atoms with van der Waals surface area (Å²) in [6, 6.07) is 7.61. The number of hydrogen-bond donors (Lipinski definition) is 1. The average molecular weight is 207 g/mol. The van der Waals surface area contributed by atoms with Crippen molar-refractivity contribution in [2.24, 2.45) is 7.05 Å². The molecule has 0 atom stereocenters. The van der Waals surface area contributed by atoms with Crippen molar-refractivity contribution in [2.75, 3.05) is 5.73 Å². The lowest BCUT2D eigenvalue weighted by Crippen LogP contribution is -1.92. The van der Waals surface area contributed by atoms with Gasteiger partial charge in [-0.2, -0.15) is 0 Å². The van der Waals surface area contributed by atoms with Gasteiger partial charge in [0.2, 0.25) is 5.16 Å². The molecule has 1 heterocycles. The van der Waals surface area contributed by atoms with Crippen molar-refractivity contribution in [3.63, 3.8) is 0 Å². The predicted molar refractivity (Wildman–Crippen MR) is 53.8 cm³/mol. The number of hydrogen-bond acceptors (Lipinski definition) is 5. The van der Waals surface area contributed by atoms with E-state index in [1.807, 2.05) is 24.3 Å². The van der Waals surface area contributed by atoms with E-state index in [4.69, 9.17) is 5.73 Å². The van der Waals surface area contributed by atoms with Crippen molar-refractivity contribution in [2.45, 2.75) is 10.1 Å². The second-order valence-electron chi connectivity index (χ2n) is 2.76. The largest absolute Gasteiger partial charge is 0.399 e. The minimum absolute atomic E-state index is 0.741. The zero-order chi connectivity index (χ0) is 9.97. The number of nitrogens with zero attached hydrogens (tertiary/aromatic N) is 4. The molecule has 0 fully saturated rings. The molecule has 0 aliphatic rings. The first-order valence-corrected chi connectivity index (χ1v) is 4.83. The fourth-order valence-corrected chi connectivity index (χ4v) is 1.79. The van der Waals surface area contributed by atoms with Gasteiger partial charge in [0, 0.05) is 17.6 Å². The van der Waals surface area contributed by atoms with Gasteiger partial charge in [0.25, 0.3) is 0 Å². The van der Waals surface area contributed by atoms with Crippen molar-refractivity contribution >= 4 is 17.4 Å². The van der Waals surface area contributed by atoms with Crippen molar-refractivity contribution in [3.05, 3.63) is 24.3 Å². The number of rotatable bonds is 2. The summed E-state index contributed by atoms with van der Waals surface area (Å²) < 4.78 is 1.62. The number of aryl methyl sites for hydroxylation is 1. The highest BCUT2D eigenvalue weighted by Crippen LogP contribution is 2.25. The van der Waals surface area contributed by atoms with E-state index < -0.39 is 0 Å². The summed E-state index contributed by atoms with van der Waals surface area (Å²) in [6.45, 7) is 0. The number of tetrazole rings is 1. The summed E-state index contributed by atoms with van der Waals surface area (Å²) in [7, 11) is 1.80. The highest BCUT2D eigenvalue weighted by Gasteiger charge is 2.04. The quantitative estimate of drug-likeness (QED) is 0.742. The second kappa shape index (κ2) is 3.67. The number of benzene rings is 1. The Morgan fingerprint density at radius 1 is 1.43 bits per heavy atom. The lowest BCUT2D eigenvalue weighted by molar-refractivity contribution is 0.664. The van der Waals surface area contributed by atoms with Gasteiger partial charge < -0.3 is 5.73 Å². The Morgan fingerprint density at radius 3 is 2.93 bits per heavy atom. The lowest BCUT2D eigenvalue weighted by atomic mass is 10.3. The maximum Gasteiger partial charge on any atom is 0.213 e. The minimum atomic E-state index is 0.741. The van der Waals surface area contributed by atoms with Crippen LogP contribution in [0, 0.1) is 0 Å². The molecule has 0 unspecified atom stereocenters. The molecular weight excluding hydrogens is 198 g/mol. The summed E-state index contributed by atoms with van der Waals surface area (Å²) in [6.07, 6.45) is 0. The maximum absolute atomic E-state index is 5.65. The topological polar surface area (TPSA) is 69.6 Å². The van der Waals surface area contributed by atoms with E-state index >= 15 is 0 Å². The molecule has 0 bridgehead atoms. The number of anilines is 1. The van der Waals surface area contributed by atoms with Crippen LogP contribution in [0.1, 0.15) is 0 Å². The van der Waals surface area contributed by atoms with Crippen LogP contribution in [0.2, 0.25) is 0 Å². The van der Waals surface area contributed by atoms with Gasteiger partial charge in [-0.1, -0.05) is 6.07 Å². The van der Waals surface area contributed by atoms with Crippen molar-refractivity contribution in [1.82, 2.24) is 20.2 Å². The maximum atomic E-state index is 5.65. The second-order valence-corrected chi connectivity index (χ2v) is 3.80. The molecule has 1 aromatic carbocycles. The molecule has 0 saturated carbocycles. The van der Waals surface area contributed by atoms with Gasteiger partial charge in [0.05, 0.1) is 0 Å². The van der Waals surface area contributed by atoms with Gasteiger partial charge in [0.15, 0.2) is 0 Å². The normalized spacial score (nSPS) is 10.4. The molecule has 0 spiro atoms. The molecule has 0 amide bonds. The molecular formula is C8H9N5S. The summed E-state index contributed by atoms with van der Waals surface area (Å²) in [5.74, 6) is 0. The van der Waals surface area contributed by atoms with Gasteiger partial charge >= 0.3 is 0 Å². The fourth-order valence-electron chi connectivity index (χ4n) is 0.991. The van der Waals surface area contributed by atoms with E-state index in [0.29, 0.717) is 0 Å². The first-order valence-electron chi connectivity index (χ1n) is 4.01. The van der Waals surface area contributed by atoms with E-state index in [9.17, 15) is 0 Å². The molecule has 1 aromatic heterocycles. The monoisotopic (exact) mass is 207 g/mol. The van der Waals surface area contributed by atoms with Crippen LogP contribution in [0.4, 0.5) is 5.69 Å². The van der Waals surface area contributed by atoms with Crippen molar-refractivity contribution < 1.29 is 0 Å². The Morgan fingerprint density at radius 2 is 2.29 bits per heavy atom. The van der Waals surface area contributed by atoms with Crippen molar-refractivity contribution in [3.8, 4) is 0 Å². The smallest absolute Gasteiger partial charge is 0.213 e. The predicted octanol–water partition coefficient (Wildman–Crippen LogP) is 0.944. The lowest BCUT2D eigenvalue weighted by Gasteiger charge is -1.99. The van der Waals surface area contributed by atoms with Crippen LogP contribution in [-0.4, -0.2) is 20.2 Å². The van der Waals surface area contributed by atoms with Crippen LogP contribution in [0.5, 0.6) is 0 Å². The Hall–Kier alpha value is -1.56. The van der Waals surface area contributed by atoms with E-state index in [2.05, 4.69) is 15.5 Å². The van der Waals surface area contributed by atoms with Gasteiger partial charge in [0.1, 0.15) is 0 Å². The molecule has 2 rings (SSSR count). The van der Waals surface area contributed by atoms with Crippen LogP contribution >= 0.6 is 11.8 Å². The van der Waals surface area contributed by atoms with Crippen LogP contribution in [0.3, 0.4) is 0 Å². The van der Waals surface area contributed by atoms with Crippen LogP contribution in [0.25, 0.3) is 0 Å². The number of nitrogens with two attached hydrogens (primary N) is 1. The molecule has 0 aliphatic heterocycles. The molecule has 72 valence electrons. The molecule has 6 heteroatoms. The van der Waals surface area contributed by atoms with Crippen LogP contribution in [0.15, 0.2) is 34.3 Å². The van der Waals surface area contributed by atoms with Crippen molar-refractivity contribution in [1.29, 1.82) is 0 Å². The third kappa shape index (κ3) is 1.85. The Balaban J connectivity index is 2.23. The third-order valence-electron chi connectivity index (χ3n) is 1.65. The first-order chi connectivity index (χ1) is 6.75. The van der Waals surface area contributed by atoms with E-state index in [1.54, 1.807) is 11.7 Å². The fraction of sp³-hybridized carbons (Fsp3) is 0.125. The van der Waals surface area contributed by atoms with Gasteiger partial charge in [-0.05, 0) is 40.4 Å². The number of aromatic nitrogens is 4. The number of nitrogen functional groups attached to an aromatic ring is 1. The molecule has 0 saturated heterocycles. The molecule has 2 N–H and O–H groups in total. The minimum Gasteiger partial charge on any atom is -0.399 e. The highest BCUT2D eigenvalue weighted by molar-refractivity contribution is 7.99. The zero-order valence-electron chi connectivity index (χ0n) is 7.58. The highest BCUT2D eigenvalue weighted by atomic mass is 32.2. The van der Waals surface area contributed by atoms with E-state index in [-0.39, 0.29) is 0 Å². The summed E-state index contributed by atoms with van der Waals surface area (Å²) in [5.41, 5.74) is 6.39. The molecule has 0 radical (unpaired) electrons. The Kier molecular flexibility index (Phi) is 2.36. The molecule has 2 aromatic rings. The standard InChI is InChI=1S/C8H9N5S/c1-13-8(10-11-12-13)14-7-4-2-3-6(9)5-7/h2-5H,9H2,1H3. The Labute approximate surface area is 85.3 Å². The first kappa shape index (κ1) is 9.01. The van der Waals surface area contributed by atoms with Crippen LogP contribution < -0.4 is 5.73 Å². The molecule has 5 nitrogen and oxygen atoms in total. The molecule has 14 heavy (non-hydrogen) atoms. The summed E-state index contributed by atoms with van der Waals surface area (Å²) >= 11 is 1.48. The zero-order valence-corrected chi connectivity index (χ0v) is 8.40. The van der Waals surface area contributed by atoms with Gasteiger partial charge in [-0.3, -0.25) is 0 Å².